The van der Waals surface area contributed by atoms with E-state index in [0.29, 0.717) is 18.1 Å². The quantitative estimate of drug-likeness (QED) is 0.911. The van der Waals surface area contributed by atoms with Gasteiger partial charge in [0.05, 0.1) is 7.11 Å². The van der Waals surface area contributed by atoms with E-state index in [2.05, 4.69) is 30.3 Å². The lowest BCUT2D eigenvalue weighted by Gasteiger charge is -2.29. The van der Waals surface area contributed by atoms with Gasteiger partial charge in [0.25, 0.3) is 0 Å². The summed E-state index contributed by atoms with van der Waals surface area (Å²) >= 11 is 0. The molecule has 3 rings (SSSR count). The largest absolute Gasteiger partial charge is 0.493 e. The Labute approximate surface area is 121 Å². The van der Waals surface area contributed by atoms with Gasteiger partial charge < -0.3 is 19.7 Å². The van der Waals surface area contributed by atoms with E-state index in [-0.39, 0.29) is 0 Å². The third-order valence-electron chi connectivity index (χ3n) is 4.53. The number of nitrogens with one attached hydrogen (secondary N) is 1. The number of likely N-dealkylation sites (N-methyl/N-ethyl adjacent to an activating group) is 1. The van der Waals surface area contributed by atoms with Crippen molar-refractivity contribution in [2.75, 3.05) is 27.3 Å². The summed E-state index contributed by atoms with van der Waals surface area (Å²) in [6.45, 7) is 4.14. The minimum Gasteiger partial charge on any atom is -0.493 e. The van der Waals surface area contributed by atoms with Crippen LogP contribution in [-0.2, 0) is 6.42 Å². The lowest BCUT2D eigenvalue weighted by atomic mass is 10.0. The molecular formula is C16H24N2O2. The molecule has 0 spiro atoms. The van der Waals surface area contributed by atoms with Crippen molar-refractivity contribution in [1.82, 2.24) is 10.2 Å². The van der Waals surface area contributed by atoms with E-state index in [4.69, 9.17) is 9.47 Å². The fraction of sp³-hybridized carbons (Fsp3) is 0.625. The van der Waals surface area contributed by atoms with Gasteiger partial charge in [-0.05, 0) is 38.4 Å². The van der Waals surface area contributed by atoms with Crippen molar-refractivity contribution in [3.8, 4) is 11.5 Å². The number of rotatable bonds is 3. The molecule has 0 bridgehead atoms. The molecule has 4 nitrogen and oxygen atoms in total. The SMILES string of the molecule is COc1cccc2c1OCC(NC1CC(C)N(C)C1)C2. The average molecular weight is 276 g/mol. The zero-order valence-corrected chi connectivity index (χ0v) is 12.6. The Balaban J connectivity index is 1.64. The standard InChI is InChI=1S/C16H24N2O2/c1-11-7-13(9-18(11)2)17-14-8-12-5-4-6-15(19-3)16(12)20-10-14/h4-6,11,13-14,17H,7-10H2,1-3H3. The maximum Gasteiger partial charge on any atom is 0.164 e. The Bertz CT molecular complexity index is 468. The third kappa shape index (κ3) is 2.63. The Hall–Kier alpha value is -1.26. The predicted octanol–water partition coefficient (Wildman–Crippen LogP) is 1.68. The predicted molar refractivity (Wildman–Crippen MR) is 79.6 cm³/mol. The second-order valence-electron chi connectivity index (χ2n) is 6.05. The van der Waals surface area contributed by atoms with E-state index in [1.807, 2.05) is 12.1 Å². The van der Waals surface area contributed by atoms with Crippen molar-refractivity contribution in [3.63, 3.8) is 0 Å². The number of benzene rings is 1. The molecule has 0 aliphatic carbocycles. The number of ether oxygens (including phenoxy) is 2. The van der Waals surface area contributed by atoms with Gasteiger partial charge in [-0.1, -0.05) is 12.1 Å². The molecule has 2 aliphatic rings. The molecule has 110 valence electrons. The van der Waals surface area contributed by atoms with Crippen LogP contribution < -0.4 is 14.8 Å². The molecule has 2 aliphatic heterocycles. The summed E-state index contributed by atoms with van der Waals surface area (Å²) in [5.41, 5.74) is 1.24. The van der Waals surface area contributed by atoms with Crippen LogP contribution in [0.3, 0.4) is 0 Å². The van der Waals surface area contributed by atoms with Crippen LogP contribution in [0.25, 0.3) is 0 Å². The molecule has 3 atom stereocenters. The van der Waals surface area contributed by atoms with Crippen LogP contribution in [0.4, 0.5) is 0 Å². The highest BCUT2D eigenvalue weighted by atomic mass is 16.5. The van der Waals surface area contributed by atoms with E-state index in [9.17, 15) is 0 Å². The maximum atomic E-state index is 5.92. The topological polar surface area (TPSA) is 33.7 Å². The van der Waals surface area contributed by atoms with Crippen molar-refractivity contribution in [2.24, 2.45) is 0 Å². The highest BCUT2D eigenvalue weighted by molar-refractivity contribution is 5.48. The van der Waals surface area contributed by atoms with Crippen LogP contribution in [0.1, 0.15) is 18.9 Å². The van der Waals surface area contributed by atoms with Crippen molar-refractivity contribution >= 4 is 0 Å². The molecule has 0 radical (unpaired) electrons. The van der Waals surface area contributed by atoms with E-state index in [1.165, 1.54) is 12.0 Å². The Morgan fingerprint density at radius 2 is 2.20 bits per heavy atom. The third-order valence-corrected chi connectivity index (χ3v) is 4.53. The number of nitrogens with zero attached hydrogens (tertiary/aromatic N) is 1. The van der Waals surface area contributed by atoms with E-state index in [0.717, 1.165) is 31.1 Å². The van der Waals surface area contributed by atoms with Crippen molar-refractivity contribution in [2.45, 2.75) is 37.9 Å². The first-order valence-electron chi connectivity index (χ1n) is 7.42. The van der Waals surface area contributed by atoms with Crippen LogP contribution in [0.2, 0.25) is 0 Å². The molecule has 0 aromatic heterocycles. The first-order chi connectivity index (χ1) is 9.67. The second kappa shape index (κ2) is 5.62. The molecule has 1 saturated heterocycles. The summed E-state index contributed by atoms with van der Waals surface area (Å²) in [4.78, 5) is 2.42. The van der Waals surface area contributed by atoms with Crippen LogP contribution in [0.15, 0.2) is 18.2 Å². The molecule has 0 amide bonds. The van der Waals surface area contributed by atoms with Gasteiger partial charge in [-0.15, -0.1) is 0 Å². The Kier molecular flexibility index (Phi) is 3.85. The Morgan fingerprint density at radius 3 is 2.90 bits per heavy atom. The van der Waals surface area contributed by atoms with Crippen molar-refractivity contribution in [1.29, 1.82) is 0 Å². The smallest absolute Gasteiger partial charge is 0.164 e. The van der Waals surface area contributed by atoms with Gasteiger partial charge in [0.1, 0.15) is 6.61 Å². The van der Waals surface area contributed by atoms with Gasteiger partial charge in [-0.3, -0.25) is 0 Å². The molecule has 1 aromatic rings. The second-order valence-corrected chi connectivity index (χ2v) is 6.05. The molecule has 4 heteroatoms. The summed E-state index contributed by atoms with van der Waals surface area (Å²) < 4.78 is 11.3. The van der Waals surface area contributed by atoms with Crippen molar-refractivity contribution in [3.05, 3.63) is 23.8 Å². The fourth-order valence-electron chi connectivity index (χ4n) is 3.31. The zero-order valence-electron chi connectivity index (χ0n) is 12.6. The number of likely N-dealkylation sites (tertiary alicyclic amines) is 1. The number of fused-ring (bicyclic) bond motifs is 1. The fourth-order valence-corrected chi connectivity index (χ4v) is 3.31. The highest BCUT2D eigenvalue weighted by Gasteiger charge is 2.30. The Morgan fingerprint density at radius 1 is 1.35 bits per heavy atom. The van der Waals surface area contributed by atoms with Crippen molar-refractivity contribution < 1.29 is 9.47 Å². The first kappa shape index (κ1) is 13.7. The van der Waals surface area contributed by atoms with Gasteiger partial charge in [0, 0.05) is 24.7 Å². The van der Waals surface area contributed by atoms with Gasteiger partial charge in [0.15, 0.2) is 11.5 Å². The molecule has 0 saturated carbocycles. The van der Waals surface area contributed by atoms with E-state index in [1.54, 1.807) is 7.11 Å². The average Bonchev–Trinajstić information content (AvgIpc) is 2.76. The van der Waals surface area contributed by atoms with Crippen LogP contribution in [0, 0.1) is 0 Å². The van der Waals surface area contributed by atoms with Gasteiger partial charge in [-0.2, -0.15) is 0 Å². The summed E-state index contributed by atoms with van der Waals surface area (Å²) in [6, 6.07) is 7.78. The number of para-hydroxylation sites is 1. The molecule has 1 N–H and O–H groups in total. The van der Waals surface area contributed by atoms with Crippen LogP contribution in [0.5, 0.6) is 11.5 Å². The molecule has 2 heterocycles. The zero-order chi connectivity index (χ0) is 14.1. The number of methoxy groups -OCH3 is 1. The van der Waals surface area contributed by atoms with Crippen LogP contribution >= 0.6 is 0 Å². The molecule has 1 fully saturated rings. The summed E-state index contributed by atoms with van der Waals surface area (Å²) in [7, 11) is 3.89. The lowest BCUT2D eigenvalue weighted by molar-refractivity contribution is 0.217. The minimum atomic E-state index is 0.401. The highest BCUT2D eigenvalue weighted by Crippen LogP contribution is 2.34. The number of hydrogen-bond acceptors (Lipinski definition) is 4. The first-order valence-corrected chi connectivity index (χ1v) is 7.42. The lowest BCUT2D eigenvalue weighted by Crippen LogP contribution is -2.45. The summed E-state index contributed by atoms with van der Waals surface area (Å²) in [5, 5.41) is 3.75. The summed E-state index contributed by atoms with van der Waals surface area (Å²) in [6.07, 6.45) is 2.24. The molecule has 1 aromatic carbocycles. The molecule has 3 unspecified atom stereocenters. The maximum absolute atomic E-state index is 5.92. The normalized spacial score (nSPS) is 29.9. The van der Waals surface area contributed by atoms with Gasteiger partial charge in [-0.25, -0.2) is 0 Å². The van der Waals surface area contributed by atoms with Gasteiger partial charge in [0.2, 0.25) is 0 Å². The van der Waals surface area contributed by atoms with E-state index >= 15 is 0 Å². The van der Waals surface area contributed by atoms with Crippen LogP contribution in [-0.4, -0.2) is 50.3 Å². The minimum absolute atomic E-state index is 0.401. The molecule has 20 heavy (non-hydrogen) atoms. The molecular weight excluding hydrogens is 252 g/mol. The summed E-state index contributed by atoms with van der Waals surface area (Å²) in [5.74, 6) is 1.76. The number of hydrogen-bond donors (Lipinski definition) is 1. The van der Waals surface area contributed by atoms with Gasteiger partial charge >= 0.3 is 0 Å². The van der Waals surface area contributed by atoms with E-state index < -0.39 is 0 Å². The monoisotopic (exact) mass is 276 g/mol.